The molecule has 1 unspecified atom stereocenters. The van der Waals surface area contributed by atoms with Crippen LogP contribution in [0.1, 0.15) is 33.2 Å². The summed E-state index contributed by atoms with van der Waals surface area (Å²) in [7, 11) is 1.36. The lowest BCUT2D eigenvalue weighted by Gasteiger charge is -2.28. The third kappa shape index (κ3) is 1.76. The van der Waals surface area contributed by atoms with Crippen molar-refractivity contribution >= 4 is 61.4 Å². The molecule has 8 rings (SSSR count). The summed E-state index contributed by atoms with van der Waals surface area (Å²) >= 11 is 0. The second-order valence-electron chi connectivity index (χ2n) is 9.17. The second kappa shape index (κ2) is 5.66. The normalized spacial score (nSPS) is 22.8. The molecule has 1 saturated heterocycles. The number of benzene rings is 3. The molecule has 5 aromatic rings. The minimum Gasteiger partial charge on any atom is -0.465 e. The number of hydrogen-bond acceptors (Lipinski definition) is 5. The molecule has 2 amide bonds. The van der Waals surface area contributed by atoms with Gasteiger partial charge in [0.15, 0.2) is 0 Å². The third-order valence-corrected chi connectivity index (χ3v) is 7.70. The minimum absolute atomic E-state index is 0.151. The molecule has 166 valence electrons. The molecule has 34 heavy (non-hydrogen) atoms. The largest absolute Gasteiger partial charge is 0.465 e. The lowest BCUT2D eigenvalue weighted by atomic mass is 9.96. The summed E-state index contributed by atoms with van der Waals surface area (Å²) < 4.78 is 15.7. The van der Waals surface area contributed by atoms with E-state index in [0.29, 0.717) is 35.1 Å². The highest BCUT2D eigenvalue weighted by Gasteiger charge is 2.55. The number of ether oxygens (including phenoxy) is 2. The van der Waals surface area contributed by atoms with Crippen molar-refractivity contribution in [3.63, 3.8) is 0 Å². The molecule has 2 atom stereocenters. The molecule has 1 N–H and O–H groups in total. The molecular formula is C26H17N3O5. The van der Waals surface area contributed by atoms with Crippen molar-refractivity contribution in [3.8, 4) is 0 Å². The van der Waals surface area contributed by atoms with Gasteiger partial charge in [0, 0.05) is 33.5 Å². The van der Waals surface area contributed by atoms with Gasteiger partial charge in [-0.1, -0.05) is 36.4 Å². The van der Waals surface area contributed by atoms with Gasteiger partial charge in [-0.05, 0) is 12.1 Å². The molecule has 5 heterocycles. The van der Waals surface area contributed by atoms with Gasteiger partial charge in [-0.3, -0.25) is 19.5 Å². The summed E-state index contributed by atoms with van der Waals surface area (Å²) in [6, 6.07) is 15.4. The zero-order chi connectivity index (χ0) is 22.9. The topological polar surface area (TPSA) is 91.6 Å². The van der Waals surface area contributed by atoms with Crippen molar-refractivity contribution in [3.05, 3.63) is 59.7 Å². The first-order chi connectivity index (χ1) is 16.6. The van der Waals surface area contributed by atoms with E-state index in [4.69, 9.17) is 9.47 Å². The number of carbonyl (C=O) groups is 3. The van der Waals surface area contributed by atoms with Crippen LogP contribution in [0.2, 0.25) is 0 Å². The number of hydrogen-bond donors (Lipinski definition) is 1. The van der Waals surface area contributed by atoms with Crippen LogP contribution in [0, 0.1) is 0 Å². The quantitative estimate of drug-likeness (QED) is 0.311. The summed E-state index contributed by atoms with van der Waals surface area (Å²) in [4.78, 5) is 39.7. The number of nitrogens with one attached hydrogen (secondary N) is 1. The third-order valence-electron chi connectivity index (χ3n) is 7.70. The maximum absolute atomic E-state index is 13.4. The van der Waals surface area contributed by atoms with E-state index in [1.165, 1.54) is 7.11 Å². The molecule has 2 bridgehead atoms. The van der Waals surface area contributed by atoms with Gasteiger partial charge in [-0.25, -0.2) is 4.79 Å². The Morgan fingerprint density at radius 2 is 1.59 bits per heavy atom. The standard InChI is InChI=1S/C26H17N3O5/c1-33-25(32)26-10-12(11-34-26)28-15-8-4-2-6-13(15)17-19-20(24(31)27-23(19)30)18-14-7-3-5-9-16(14)29(26)22(18)21(17)28/h2-9,12H,10-11H2,1H3,(H,27,30,31)/t12?,26-/m1/s1. The molecule has 1 fully saturated rings. The highest BCUT2D eigenvalue weighted by atomic mass is 16.6. The summed E-state index contributed by atoms with van der Waals surface area (Å²) in [6.07, 6.45) is 0.376. The number of nitrogens with zero attached hydrogens (tertiary/aromatic N) is 2. The number of amides is 2. The van der Waals surface area contributed by atoms with Crippen molar-refractivity contribution in [1.82, 2.24) is 14.5 Å². The van der Waals surface area contributed by atoms with Crippen molar-refractivity contribution < 1.29 is 23.9 Å². The molecule has 8 nitrogen and oxygen atoms in total. The molecule has 3 aromatic carbocycles. The Morgan fingerprint density at radius 1 is 0.971 bits per heavy atom. The van der Waals surface area contributed by atoms with Crippen LogP contribution >= 0.6 is 0 Å². The van der Waals surface area contributed by atoms with Crippen molar-refractivity contribution in [2.75, 3.05) is 13.7 Å². The van der Waals surface area contributed by atoms with Gasteiger partial charge >= 0.3 is 5.97 Å². The fourth-order valence-corrected chi connectivity index (χ4v) is 6.54. The number of para-hydroxylation sites is 2. The van der Waals surface area contributed by atoms with E-state index >= 15 is 0 Å². The number of carbonyl (C=O) groups excluding carboxylic acids is 3. The number of aromatic nitrogens is 2. The summed E-state index contributed by atoms with van der Waals surface area (Å²) in [5.74, 6) is -1.30. The number of rotatable bonds is 1. The first-order valence-corrected chi connectivity index (χ1v) is 11.2. The van der Waals surface area contributed by atoms with Gasteiger partial charge < -0.3 is 14.0 Å². The van der Waals surface area contributed by atoms with Crippen LogP contribution in [0.25, 0.3) is 43.6 Å². The summed E-state index contributed by atoms with van der Waals surface area (Å²) in [5.41, 5.74) is 2.62. The second-order valence-corrected chi connectivity index (χ2v) is 9.17. The average Bonchev–Trinajstić information content (AvgIpc) is 3.56. The van der Waals surface area contributed by atoms with Crippen LogP contribution in [0.5, 0.6) is 0 Å². The molecule has 0 saturated carbocycles. The van der Waals surface area contributed by atoms with E-state index in [-0.39, 0.29) is 6.04 Å². The number of fused-ring (bicyclic) bond motifs is 13. The van der Waals surface area contributed by atoms with E-state index in [1.807, 2.05) is 53.1 Å². The lowest BCUT2D eigenvalue weighted by Crippen LogP contribution is -2.42. The van der Waals surface area contributed by atoms with Gasteiger partial charge in [-0.15, -0.1) is 0 Å². The zero-order valence-corrected chi connectivity index (χ0v) is 18.0. The lowest BCUT2D eigenvalue weighted by molar-refractivity contribution is -0.175. The molecular weight excluding hydrogens is 434 g/mol. The minimum atomic E-state index is -1.37. The van der Waals surface area contributed by atoms with Crippen LogP contribution in [0.4, 0.5) is 0 Å². The molecule has 0 radical (unpaired) electrons. The SMILES string of the molecule is COC(=O)[C@@]12CC(CO1)n1c3ccccc3c3c4c(c5c6ccccc6n2c5c31)C(=O)NC4=O. The Bertz CT molecular complexity index is 1830. The maximum Gasteiger partial charge on any atom is 0.360 e. The van der Waals surface area contributed by atoms with E-state index < -0.39 is 23.5 Å². The fourth-order valence-electron chi connectivity index (χ4n) is 6.54. The summed E-state index contributed by atoms with van der Waals surface area (Å²) in [5, 5.41) is 5.59. The van der Waals surface area contributed by atoms with Crippen LogP contribution < -0.4 is 5.32 Å². The first kappa shape index (κ1) is 18.3. The summed E-state index contributed by atoms with van der Waals surface area (Å²) in [6.45, 7) is 0.318. The molecule has 0 aliphatic carbocycles. The van der Waals surface area contributed by atoms with Crippen molar-refractivity contribution in [2.24, 2.45) is 0 Å². The van der Waals surface area contributed by atoms with Crippen molar-refractivity contribution in [2.45, 2.75) is 18.2 Å². The van der Waals surface area contributed by atoms with Gasteiger partial charge in [0.2, 0.25) is 5.72 Å². The van der Waals surface area contributed by atoms with Crippen LogP contribution in [-0.2, 0) is 20.0 Å². The molecule has 8 heteroatoms. The average molecular weight is 451 g/mol. The van der Waals surface area contributed by atoms with Gasteiger partial charge in [0.05, 0.1) is 47.4 Å². The van der Waals surface area contributed by atoms with Crippen molar-refractivity contribution in [1.29, 1.82) is 0 Å². The Kier molecular flexibility index (Phi) is 3.04. The fraction of sp³-hybridized carbons (Fsp3) is 0.192. The molecule has 2 aromatic heterocycles. The van der Waals surface area contributed by atoms with Crippen LogP contribution in [0.3, 0.4) is 0 Å². The predicted molar refractivity (Wildman–Crippen MR) is 124 cm³/mol. The van der Waals surface area contributed by atoms with Crippen LogP contribution in [-0.4, -0.2) is 40.6 Å². The highest BCUT2D eigenvalue weighted by molar-refractivity contribution is 6.39. The Labute approximate surface area is 191 Å². The van der Waals surface area contributed by atoms with E-state index in [9.17, 15) is 14.4 Å². The molecule has 3 aliphatic heterocycles. The molecule has 0 spiro atoms. The molecule has 3 aliphatic rings. The maximum atomic E-state index is 13.4. The smallest absolute Gasteiger partial charge is 0.360 e. The Hall–Kier alpha value is -4.17. The Morgan fingerprint density at radius 3 is 2.29 bits per heavy atom. The van der Waals surface area contributed by atoms with Gasteiger partial charge in [-0.2, -0.15) is 0 Å². The number of esters is 1. The van der Waals surface area contributed by atoms with E-state index in [0.717, 1.165) is 32.7 Å². The first-order valence-electron chi connectivity index (χ1n) is 11.2. The predicted octanol–water partition coefficient (Wildman–Crippen LogP) is 3.59. The number of imide groups is 1. The van der Waals surface area contributed by atoms with Crippen LogP contribution in [0.15, 0.2) is 48.5 Å². The zero-order valence-electron chi connectivity index (χ0n) is 18.0. The number of methoxy groups -OCH3 is 1. The van der Waals surface area contributed by atoms with Gasteiger partial charge in [0.1, 0.15) is 0 Å². The van der Waals surface area contributed by atoms with E-state index in [1.54, 1.807) is 0 Å². The van der Waals surface area contributed by atoms with Gasteiger partial charge in [0.25, 0.3) is 11.8 Å². The Balaban J connectivity index is 1.78. The highest BCUT2D eigenvalue weighted by Crippen LogP contribution is 2.53. The van der Waals surface area contributed by atoms with E-state index in [2.05, 4.69) is 9.88 Å². The monoisotopic (exact) mass is 451 g/mol.